The van der Waals surface area contributed by atoms with E-state index in [1.54, 1.807) is 0 Å². The monoisotopic (exact) mass is 347 g/mol. The average Bonchev–Trinajstić information content (AvgIpc) is 3.02. The fourth-order valence-electron chi connectivity index (χ4n) is 4.37. The maximum atomic E-state index is 6.53. The van der Waals surface area contributed by atoms with Crippen LogP contribution in [0, 0.1) is 5.92 Å². The minimum Gasteiger partial charge on any atom is -0.335 e. The van der Waals surface area contributed by atoms with E-state index in [2.05, 4.69) is 35.0 Å². The molecule has 3 heterocycles. The van der Waals surface area contributed by atoms with Gasteiger partial charge in [0.05, 0.1) is 5.39 Å². The van der Waals surface area contributed by atoms with Crippen molar-refractivity contribution >= 4 is 22.6 Å². The van der Waals surface area contributed by atoms with Crippen molar-refractivity contribution in [3.05, 3.63) is 35.9 Å². The lowest BCUT2D eigenvalue weighted by molar-refractivity contribution is -0.184. The van der Waals surface area contributed by atoms with Crippen molar-refractivity contribution in [2.45, 2.75) is 57.6 Å². The minimum absolute atomic E-state index is 0.376. The van der Waals surface area contributed by atoms with Crippen LogP contribution in [0.25, 0.3) is 11.0 Å². The zero-order valence-electron chi connectivity index (χ0n) is 14.5. The number of hydrogen-bond acceptors (Lipinski definition) is 4. The van der Waals surface area contributed by atoms with Gasteiger partial charge in [0.25, 0.3) is 0 Å². The molecule has 0 aromatic carbocycles. The first kappa shape index (κ1) is 16.1. The molecule has 1 aliphatic carbocycles. The lowest BCUT2D eigenvalue weighted by Gasteiger charge is -2.48. The van der Waals surface area contributed by atoms with E-state index in [1.165, 1.54) is 6.33 Å². The van der Waals surface area contributed by atoms with Crippen LogP contribution in [0.1, 0.15) is 40.5 Å². The minimum atomic E-state index is -0.713. The Labute approximate surface area is 146 Å². The first-order valence-corrected chi connectivity index (χ1v) is 8.66. The van der Waals surface area contributed by atoms with Crippen LogP contribution < -0.4 is 0 Å². The number of fused-ring (bicyclic) bond motifs is 2. The van der Waals surface area contributed by atoms with Crippen molar-refractivity contribution in [3.63, 3.8) is 0 Å². The summed E-state index contributed by atoms with van der Waals surface area (Å²) in [7, 11) is 0. The molecule has 2 fully saturated rings. The molecule has 1 aliphatic heterocycles. The molecule has 5 nitrogen and oxygen atoms in total. The van der Waals surface area contributed by atoms with Crippen molar-refractivity contribution < 1.29 is 9.47 Å². The average molecular weight is 348 g/mol. The van der Waals surface area contributed by atoms with E-state index in [1.807, 2.05) is 26.1 Å². The van der Waals surface area contributed by atoms with Gasteiger partial charge in [0.2, 0.25) is 0 Å². The van der Waals surface area contributed by atoms with E-state index in [0.717, 1.165) is 29.4 Å². The molecule has 0 amide bonds. The molecule has 0 radical (unpaired) electrons. The van der Waals surface area contributed by atoms with Gasteiger partial charge in [-0.1, -0.05) is 25.1 Å². The van der Waals surface area contributed by atoms with E-state index in [-0.39, 0.29) is 0 Å². The molecule has 0 N–H and O–H groups in total. The first-order valence-electron chi connectivity index (χ1n) is 8.28. The summed E-state index contributed by atoms with van der Waals surface area (Å²) in [5.74, 6) is -0.338. The zero-order chi connectivity index (χ0) is 17.3. The number of halogens is 1. The summed E-state index contributed by atoms with van der Waals surface area (Å²) in [6.45, 7) is 12.5. The molecule has 0 spiro atoms. The van der Waals surface area contributed by atoms with Gasteiger partial charge in [-0.3, -0.25) is 0 Å². The van der Waals surface area contributed by atoms with Gasteiger partial charge in [0.1, 0.15) is 22.7 Å². The number of hydrogen-bond donors (Lipinski definition) is 0. The number of nitrogens with zero attached hydrogens (tertiary/aromatic N) is 3. The fourth-order valence-corrected chi connectivity index (χ4v) is 4.56. The molecule has 2 aromatic heterocycles. The van der Waals surface area contributed by atoms with Crippen LogP contribution in [0.4, 0.5) is 0 Å². The molecule has 3 atom stereocenters. The quantitative estimate of drug-likeness (QED) is 0.571. The van der Waals surface area contributed by atoms with Crippen LogP contribution in [0.5, 0.6) is 0 Å². The Morgan fingerprint density at radius 3 is 2.79 bits per heavy atom. The summed E-state index contributed by atoms with van der Waals surface area (Å²) in [5, 5.41) is 1.26. The summed E-state index contributed by atoms with van der Waals surface area (Å²) in [6, 6.07) is 1.93. The van der Waals surface area contributed by atoms with E-state index >= 15 is 0 Å². The standard InChI is InChI=1S/C18H22ClN3O2/c1-11-6-8-18(17(5,12(11)2)23-16(3,4)24-18)22-9-7-13-14(19)20-10-21-15(13)22/h7,9-11H,2,6,8H2,1,3-5H3/t11?,17?,18-/m1/s1. The molecule has 24 heavy (non-hydrogen) atoms. The Bertz CT molecular complexity index is 846. The second-order valence-electron chi connectivity index (χ2n) is 7.47. The largest absolute Gasteiger partial charge is 0.335 e. The number of aromatic nitrogens is 3. The third kappa shape index (κ3) is 1.89. The van der Waals surface area contributed by atoms with Gasteiger partial charge < -0.3 is 14.0 Å². The van der Waals surface area contributed by atoms with E-state index in [0.29, 0.717) is 11.1 Å². The van der Waals surface area contributed by atoms with Crippen LogP contribution in [0.3, 0.4) is 0 Å². The highest BCUT2D eigenvalue weighted by atomic mass is 35.5. The topological polar surface area (TPSA) is 49.2 Å². The van der Waals surface area contributed by atoms with Gasteiger partial charge in [0, 0.05) is 6.20 Å². The van der Waals surface area contributed by atoms with Crippen molar-refractivity contribution in [3.8, 4) is 0 Å². The van der Waals surface area contributed by atoms with Gasteiger partial charge in [-0.15, -0.1) is 0 Å². The highest BCUT2D eigenvalue weighted by molar-refractivity contribution is 6.33. The van der Waals surface area contributed by atoms with Crippen molar-refractivity contribution in [2.24, 2.45) is 5.92 Å². The predicted molar refractivity (Wildman–Crippen MR) is 92.7 cm³/mol. The van der Waals surface area contributed by atoms with Crippen LogP contribution in [-0.4, -0.2) is 25.9 Å². The second-order valence-corrected chi connectivity index (χ2v) is 7.83. The Kier molecular flexibility index (Phi) is 3.22. The lowest BCUT2D eigenvalue weighted by Crippen LogP contribution is -2.56. The van der Waals surface area contributed by atoms with Crippen LogP contribution in [0.2, 0.25) is 5.15 Å². The molecular weight excluding hydrogens is 326 g/mol. The van der Waals surface area contributed by atoms with Crippen molar-refractivity contribution in [2.75, 3.05) is 0 Å². The lowest BCUT2D eigenvalue weighted by atomic mass is 9.70. The number of rotatable bonds is 1. The normalized spacial score (nSPS) is 35.4. The van der Waals surface area contributed by atoms with Gasteiger partial charge in [0.15, 0.2) is 11.5 Å². The van der Waals surface area contributed by atoms with Crippen LogP contribution in [-0.2, 0) is 15.2 Å². The summed E-state index contributed by atoms with van der Waals surface area (Å²) < 4.78 is 15.0. The van der Waals surface area contributed by atoms with Crippen LogP contribution in [0.15, 0.2) is 30.7 Å². The highest BCUT2D eigenvalue weighted by Gasteiger charge is 2.66. The Balaban J connectivity index is 1.99. The Morgan fingerprint density at radius 2 is 2.04 bits per heavy atom. The smallest absolute Gasteiger partial charge is 0.182 e. The maximum absolute atomic E-state index is 6.53. The third-order valence-electron chi connectivity index (χ3n) is 5.56. The van der Waals surface area contributed by atoms with E-state index in [4.69, 9.17) is 21.1 Å². The molecule has 0 bridgehead atoms. The van der Waals surface area contributed by atoms with Crippen LogP contribution >= 0.6 is 11.6 Å². The molecule has 6 heteroatoms. The predicted octanol–water partition coefficient (Wildman–Crippen LogP) is 4.27. The van der Waals surface area contributed by atoms with Crippen molar-refractivity contribution in [1.29, 1.82) is 0 Å². The molecule has 2 aromatic rings. The molecule has 4 rings (SSSR count). The zero-order valence-corrected chi connectivity index (χ0v) is 15.2. The maximum Gasteiger partial charge on any atom is 0.182 e. The Morgan fingerprint density at radius 1 is 1.29 bits per heavy atom. The summed E-state index contributed by atoms with van der Waals surface area (Å²) in [4.78, 5) is 8.53. The molecule has 1 saturated carbocycles. The van der Waals surface area contributed by atoms with E-state index < -0.39 is 17.1 Å². The van der Waals surface area contributed by atoms with E-state index in [9.17, 15) is 0 Å². The second kappa shape index (κ2) is 4.81. The van der Waals surface area contributed by atoms with Gasteiger partial charge in [-0.05, 0) is 51.2 Å². The van der Waals surface area contributed by atoms with Gasteiger partial charge in [-0.2, -0.15) is 0 Å². The number of ether oxygens (including phenoxy) is 2. The summed E-state index contributed by atoms with van der Waals surface area (Å²) in [5.41, 5.74) is 0.475. The summed E-state index contributed by atoms with van der Waals surface area (Å²) in [6.07, 6.45) is 5.25. The molecule has 1 saturated heterocycles. The van der Waals surface area contributed by atoms with Crippen molar-refractivity contribution in [1.82, 2.24) is 14.5 Å². The molecule has 2 aliphatic rings. The molecule has 2 unspecified atom stereocenters. The fraction of sp³-hybridized carbons (Fsp3) is 0.556. The molecule has 128 valence electrons. The van der Waals surface area contributed by atoms with Gasteiger partial charge in [-0.25, -0.2) is 9.97 Å². The third-order valence-corrected chi connectivity index (χ3v) is 5.86. The highest BCUT2D eigenvalue weighted by Crippen LogP contribution is 2.58. The SMILES string of the molecule is C=C1C(C)CC[C@@]2(n3ccc4c(Cl)ncnc43)OC(C)(C)OC12C. The summed E-state index contributed by atoms with van der Waals surface area (Å²) >= 11 is 6.24. The Hall–Kier alpha value is -1.43. The first-order chi connectivity index (χ1) is 11.2. The van der Waals surface area contributed by atoms with Gasteiger partial charge >= 0.3 is 0 Å². The molecular formula is C18H22ClN3O2.